The lowest BCUT2D eigenvalue weighted by Gasteiger charge is -2.29. The molecule has 80 valence electrons. The van der Waals surface area contributed by atoms with E-state index in [9.17, 15) is 0 Å². The van der Waals surface area contributed by atoms with E-state index in [0.29, 0.717) is 5.75 Å². The molecule has 0 spiro atoms. The van der Waals surface area contributed by atoms with Gasteiger partial charge in [0.25, 0.3) is 0 Å². The first-order valence-electron chi connectivity index (χ1n) is 5.00. The zero-order valence-electron chi connectivity index (χ0n) is 8.44. The quantitative estimate of drug-likeness (QED) is 0.581. The predicted octanol–water partition coefficient (Wildman–Crippen LogP) is 1.42. The number of hydrogen-bond acceptors (Lipinski definition) is 5. The number of anilines is 1. The summed E-state index contributed by atoms with van der Waals surface area (Å²) in [5.41, 5.74) is 7.73. The van der Waals surface area contributed by atoms with E-state index in [1.165, 1.54) is 0 Å². The molecule has 0 aromatic heterocycles. The molecule has 1 aromatic rings. The van der Waals surface area contributed by atoms with Gasteiger partial charge in [0.1, 0.15) is 0 Å². The van der Waals surface area contributed by atoms with Crippen LogP contribution in [0.1, 0.15) is 0 Å². The maximum Gasteiger partial charge on any atom is 0.183 e. The topological polar surface area (TPSA) is 60.7 Å². The first kappa shape index (κ1) is 9.92. The van der Waals surface area contributed by atoms with E-state index in [-0.39, 0.29) is 0 Å². The number of benzene rings is 1. The lowest BCUT2D eigenvalue weighted by atomic mass is 10.2. The van der Waals surface area contributed by atoms with E-state index in [4.69, 9.17) is 10.4 Å². The van der Waals surface area contributed by atoms with Gasteiger partial charge in [-0.25, -0.2) is 0 Å². The SMILES string of the molecule is N=NOc1ccccc1N1CCNCC1. The number of hydrogen-bond donors (Lipinski definition) is 2. The Labute approximate surface area is 88.5 Å². The first-order chi connectivity index (χ1) is 7.42. The molecule has 0 radical (unpaired) electrons. The summed E-state index contributed by atoms with van der Waals surface area (Å²) < 4.78 is 0. The van der Waals surface area contributed by atoms with Gasteiger partial charge in [-0.2, -0.15) is 5.53 Å². The monoisotopic (exact) mass is 206 g/mol. The van der Waals surface area contributed by atoms with Gasteiger partial charge in [0.2, 0.25) is 0 Å². The summed E-state index contributed by atoms with van der Waals surface area (Å²) in [4.78, 5) is 7.15. The van der Waals surface area contributed by atoms with Gasteiger partial charge in [-0.3, -0.25) is 0 Å². The number of piperazine rings is 1. The van der Waals surface area contributed by atoms with Crippen LogP contribution >= 0.6 is 0 Å². The average molecular weight is 206 g/mol. The van der Waals surface area contributed by atoms with E-state index in [1.807, 2.05) is 24.3 Å². The van der Waals surface area contributed by atoms with Crippen molar-refractivity contribution in [3.8, 4) is 5.75 Å². The van der Waals surface area contributed by atoms with Gasteiger partial charge < -0.3 is 15.1 Å². The van der Waals surface area contributed by atoms with E-state index in [0.717, 1.165) is 31.9 Å². The minimum atomic E-state index is 0.648. The van der Waals surface area contributed by atoms with Crippen LogP contribution in [0.5, 0.6) is 5.75 Å². The summed E-state index contributed by atoms with van der Waals surface area (Å²) >= 11 is 0. The molecule has 1 saturated heterocycles. The van der Waals surface area contributed by atoms with E-state index < -0.39 is 0 Å². The number of rotatable bonds is 3. The lowest BCUT2D eigenvalue weighted by molar-refractivity contribution is 0.298. The summed E-state index contributed by atoms with van der Waals surface area (Å²) in [6.07, 6.45) is 0. The van der Waals surface area contributed by atoms with E-state index >= 15 is 0 Å². The minimum absolute atomic E-state index is 0.648. The highest BCUT2D eigenvalue weighted by molar-refractivity contribution is 5.58. The molecule has 2 rings (SSSR count). The lowest BCUT2D eigenvalue weighted by Crippen LogP contribution is -2.43. The third-order valence-corrected chi connectivity index (χ3v) is 2.47. The molecule has 1 aromatic carbocycles. The molecular weight excluding hydrogens is 192 g/mol. The van der Waals surface area contributed by atoms with Crippen molar-refractivity contribution in [3.05, 3.63) is 24.3 Å². The van der Waals surface area contributed by atoms with Gasteiger partial charge in [0.05, 0.1) is 5.69 Å². The molecule has 1 aliphatic rings. The Morgan fingerprint density at radius 1 is 1.27 bits per heavy atom. The molecule has 0 bridgehead atoms. The molecule has 0 atom stereocenters. The first-order valence-corrected chi connectivity index (χ1v) is 5.00. The van der Waals surface area contributed by atoms with Crippen molar-refractivity contribution in [2.45, 2.75) is 0 Å². The van der Waals surface area contributed by atoms with E-state index in [2.05, 4.69) is 15.5 Å². The molecule has 0 saturated carbocycles. The molecule has 15 heavy (non-hydrogen) atoms. The molecular formula is C10H14N4O. The second-order valence-corrected chi connectivity index (χ2v) is 3.39. The zero-order chi connectivity index (χ0) is 10.5. The van der Waals surface area contributed by atoms with Crippen LogP contribution in [0, 0.1) is 5.53 Å². The highest BCUT2D eigenvalue weighted by Crippen LogP contribution is 2.28. The van der Waals surface area contributed by atoms with Crippen LogP contribution in [0.25, 0.3) is 0 Å². The third-order valence-electron chi connectivity index (χ3n) is 2.47. The fourth-order valence-corrected chi connectivity index (χ4v) is 1.75. The van der Waals surface area contributed by atoms with Crippen LogP contribution in [-0.2, 0) is 0 Å². The maximum absolute atomic E-state index is 6.72. The summed E-state index contributed by atoms with van der Waals surface area (Å²) in [5.74, 6) is 0.648. The second-order valence-electron chi connectivity index (χ2n) is 3.39. The van der Waals surface area contributed by atoms with Gasteiger partial charge in [0.15, 0.2) is 5.75 Å². The highest BCUT2D eigenvalue weighted by Gasteiger charge is 2.14. The number of nitrogens with zero attached hydrogens (tertiary/aromatic N) is 2. The Morgan fingerprint density at radius 2 is 2.00 bits per heavy atom. The predicted molar refractivity (Wildman–Crippen MR) is 57.3 cm³/mol. The normalized spacial score (nSPS) is 16.1. The van der Waals surface area contributed by atoms with Gasteiger partial charge in [-0.05, 0) is 12.1 Å². The summed E-state index contributed by atoms with van der Waals surface area (Å²) in [7, 11) is 0. The molecule has 0 amide bonds. The Morgan fingerprint density at radius 3 is 2.73 bits per heavy atom. The number of nitrogens with one attached hydrogen (secondary N) is 2. The van der Waals surface area contributed by atoms with Crippen LogP contribution in [0.2, 0.25) is 0 Å². The molecule has 0 unspecified atom stereocenters. The number of para-hydroxylation sites is 2. The van der Waals surface area contributed by atoms with Crippen molar-refractivity contribution in [2.24, 2.45) is 5.28 Å². The maximum atomic E-state index is 6.72. The molecule has 1 aliphatic heterocycles. The van der Waals surface area contributed by atoms with Gasteiger partial charge >= 0.3 is 0 Å². The molecule has 0 aliphatic carbocycles. The summed E-state index contributed by atoms with van der Waals surface area (Å²) in [6.45, 7) is 3.87. The third kappa shape index (κ3) is 2.24. The molecule has 1 fully saturated rings. The second kappa shape index (κ2) is 4.75. The molecule has 5 heteroatoms. The van der Waals surface area contributed by atoms with Crippen molar-refractivity contribution in [3.63, 3.8) is 0 Å². The van der Waals surface area contributed by atoms with Crippen molar-refractivity contribution < 1.29 is 4.84 Å². The minimum Gasteiger partial charge on any atom is -0.366 e. The van der Waals surface area contributed by atoms with Crippen LogP contribution < -0.4 is 15.1 Å². The van der Waals surface area contributed by atoms with Crippen molar-refractivity contribution >= 4 is 5.69 Å². The van der Waals surface area contributed by atoms with E-state index in [1.54, 1.807) is 0 Å². The Balaban J connectivity index is 2.20. The largest absolute Gasteiger partial charge is 0.366 e. The smallest absolute Gasteiger partial charge is 0.183 e. The van der Waals surface area contributed by atoms with Gasteiger partial charge in [0, 0.05) is 31.5 Å². The zero-order valence-corrected chi connectivity index (χ0v) is 8.44. The van der Waals surface area contributed by atoms with Crippen molar-refractivity contribution in [2.75, 3.05) is 31.1 Å². The van der Waals surface area contributed by atoms with Crippen LogP contribution in [0.4, 0.5) is 5.69 Å². The fraction of sp³-hybridized carbons (Fsp3) is 0.400. The Hall–Kier alpha value is -1.62. The van der Waals surface area contributed by atoms with Crippen LogP contribution in [-0.4, -0.2) is 26.2 Å². The summed E-state index contributed by atoms with van der Waals surface area (Å²) in [5, 5.41) is 6.26. The Bertz CT molecular complexity index is 336. The van der Waals surface area contributed by atoms with Crippen molar-refractivity contribution in [1.29, 1.82) is 5.53 Å². The standard InChI is InChI=1S/C10H14N4O/c11-13-15-10-4-2-1-3-9(10)14-7-5-12-6-8-14/h1-4,11-12H,5-8H2. The average Bonchev–Trinajstić information content (AvgIpc) is 2.31. The summed E-state index contributed by atoms with van der Waals surface area (Å²) in [6, 6.07) is 7.67. The highest BCUT2D eigenvalue weighted by atomic mass is 16.6. The molecule has 5 nitrogen and oxygen atoms in total. The van der Waals surface area contributed by atoms with Crippen LogP contribution in [0.3, 0.4) is 0 Å². The molecule has 2 N–H and O–H groups in total. The van der Waals surface area contributed by atoms with Gasteiger partial charge in [-0.1, -0.05) is 12.1 Å². The Kier molecular flexibility index (Phi) is 3.14. The van der Waals surface area contributed by atoms with Gasteiger partial charge in [-0.15, -0.1) is 0 Å². The fourth-order valence-electron chi connectivity index (χ4n) is 1.75. The van der Waals surface area contributed by atoms with Crippen molar-refractivity contribution in [1.82, 2.24) is 5.32 Å². The van der Waals surface area contributed by atoms with Crippen LogP contribution in [0.15, 0.2) is 29.5 Å². The molecule has 1 heterocycles.